The zero-order valence-corrected chi connectivity index (χ0v) is 16.0. The number of fused-ring (bicyclic) bond motifs is 3. The van der Waals surface area contributed by atoms with Crippen LogP contribution >= 0.6 is 23.1 Å². The minimum absolute atomic E-state index is 0.167. The highest BCUT2D eigenvalue weighted by molar-refractivity contribution is 7.99. The first-order valence-electron chi connectivity index (χ1n) is 8.76. The molecule has 27 heavy (non-hydrogen) atoms. The summed E-state index contributed by atoms with van der Waals surface area (Å²) in [5.41, 5.74) is 1.53. The maximum atomic E-state index is 13.3. The molecule has 0 fully saturated rings. The highest BCUT2D eigenvalue weighted by Crippen LogP contribution is 2.35. The Morgan fingerprint density at radius 1 is 1.15 bits per heavy atom. The predicted molar refractivity (Wildman–Crippen MR) is 103 cm³/mol. The molecule has 2 aromatic heterocycles. The van der Waals surface area contributed by atoms with Crippen LogP contribution < -0.4 is 5.56 Å². The van der Waals surface area contributed by atoms with E-state index in [1.807, 2.05) is 6.07 Å². The summed E-state index contributed by atoms with van der Waals surface area (Å²) in [6.45, 7) is 0. The third-order valence-electron chi connectivity index (χ3n) is 4.59. The standard InChI is InChI=1S/C19H17F3N2OS2/c20-19(21,22)10-11-26-18-23-16-15(13-8-4-5-9-14(13)27-16)17(25)24(18)12-6-2-1-3-7-12/h1-3,6-7H,4-5,8-11H2. The minimum Gasteiger partial charge on any atom is -0.268 e. The van der Waals surface area contributed by atoms with Crippen molar-refractivity contribution in [2.24, 2.45) is 0 Å². The van der Waals surface area contributed by atoms with Crippen molar-refractivity contribution in [1.82, 2.24) is 9.55 Å². The van der Waals surface area contributed by atoms with Gasteiger partial charge in [-0.05, 0) is 43.4 Å². The van der Waals surface area contributed by atoms with Crippen molar-refractivity contribution in [3.63, 3.8) is 0 Å². The van der Waals surface area contributed by atoms with Gasteiger partial charge in [0.15, 0.2) is 5.16 Å². The second kappa shape index (κ2) is 7.31. The molecule has 3 aromatic rings. The molecular formula is C19H17F3N2OS2. The van der Waals surface area contributed by atoms with Gasteiger partial charge in [0, 0.05) is 10.6 Å². The summed E-state index contributed by atoms with van der Waals surface area (Å²) in [6.07, 6.45) is -1.19. The van der Waals surface area contributed by atoms with Crippen LogP contribution in [0.1, 0.15) is 29.7 Å². The summed E-state index contributed by atoms with van der Waals surface area (Å²) in [5.74, 6) is -0.167. The molecule has 0 aliphatic heterocycles. The number of thiophene rings is 1. The number of hydrogen-bond acceptors (Lipinski definition) is 4. The van der Waals surface area contributed by atoms with E-state index in [1.54, 1.807) is 24.3 Å². The fraction of sp³-hybridized carbons (Fsp3) is 0.368. The van der Waals surface area contributed by atoms with E-state index in [0.29, 0.717) is 21.1 Å². The van der Waals surface area contributed by atoms with Crippen LogP contribution in [-0.2, 0) is 12.8 Å². The van der Waals surface area contributed by atoms with E-state index < -0.39 is 12.6 Å². The minimum atomic E-state index is -4.23. The molecule has 2 heterocycles. The zero-order chi connectivity index (χ0) is 19.0. The van der Waals surface area contributed by atoms with Gasteiger partial charge < -0.3 is 0 Å². The SMILES string of the molecule is O=c1c2c3c(sc2nc(SCCC(F)(F)F)n1-c1ccccc1)CCCC3. The van der Waals surface area contributed by atoms with Gasteiger partial charge in [0.05, 0.1) is 17.5 Å². The van der Waals surface area contributed by atoms with Gasteiger partial charge in [0.1, 0.15) is 4.83 Å². The molecule has 142 valence electrons. The van der Waals surface area contributed by atoms with Crippen LogP contribution in [-0.4, -0.2) is 21.5 Å². The number of halogens is 3. The van der Waals surface area contributed by atoms with Crippen LogP contribution in [0.3, 0.4) is 0 Å². The summed E-state index contributed by atoms with van der Waals surface area (Å²) in [7, 11) is 0. The molecule has 0 unspecified atom stereocenters. The lowest BCUT2D eigenvalue weighted by Crippen LogP contribution is -2.22. The molecule has 1 aliphatic carbocycles. The van der Waals surface area contributed by atoms with Crippen molar-refractivity contribution in [3.05, 3.63) is 51.1 Å². The van der Waals surface area contributed by atoms with E-state index in [2.05, 4.69) is 4.98 Å². The number of thioether (sulfide) groups is 1. The van der Waals surface area contributed by atoms with Crippen molar-refractivity contribution >= 4 is 33.3 Å². The topological polar surface area (TPSA) is 34.9 Å². The Balaban J connectivity index is 1.86. The van der Waals surface area contributed by atoms with Crippen LogP contribution in [0.25, 0.3) is 15.9 Å². The number of nitrogens with zero attached hydrogens (tertiary/aromatic N) is 2. The Kier molecular flexibility index (Phi) is 5.03. The molecule has 0 N–H and O–H groups in total. The molecule has 0 atom stereocenters. The monoisotopic (exact) mass is 410 g/mol. The smallest absolute Gasteiger partial charge is 0.268 e. The average molecular weight is 410 g/mol. The molecule has 0 saturated heterocycles. The van der Waals surface area contributed by atoms with Crippen LogP contribution in [0, 0.1) is 0 Å². The molecule has 0 spiro atoms. The molecule has 8 heteroatoms. The van der Waals surface area contributed by atoms with Crippen molar-refractivity contribution in [2.45, 2.75) is 43.4 Å². The summed E-state index contributed by atoms with van der Waals surface area (Å²) < 4.78 is 39.2. The van der Waals surface area contributed by atoms with Crippen molar-refractivity contribution < 1.29 is 13.2 Å². The summed E-state index contributed by atoms with van der Waals surface area (Å²) in [5, 5.41) is 0.959. The molecule has 4 rings (SSSR count). The molecule has 0 amide bonds. The number of alkyl halides is 3. The van der Waals surface area contributed by atoms with E-state index in [4.69, 9.17) is 0 Å². The first-order chi connectivity index (χ1) is 12.9. The summed E-state index contributed by atoms with van der Waals surface area (Å²) >= 11 is 2.49. The van der Waals surface area contributed by atoms with Gasteiger partial charge in [-0.3, -0.25) is 9.36 Å². The normalized spacial score (nSPS) is 14.5. The fourth-order valence-electron chi connectivity index (χ4n) is 3.35. The molecule has 0 radical (unpaired) electrons. The third kappa shape index (κ3) is 3.78. The Hall–Kier alpha value is -1.80. The number of para-hydroxylation sites is 1. The van der Waals surface area contributed by atoms with Gasteiger partial charge in [0.2, 0.25) is 0 Å². The van der Waals surface area contributed by atoms with Gasteiger partial charge in [-0.15, -0.1) is 11.3 Å². The van der Waals surface area contributed by atoms with Gasteiger partial charge in [-0.1, -0.05) is 30.0 Å². The van der Waals surface area contributed by atoms with Crippen LogP contribution in [0.15, 0.2) is 40.3 Å². The summed E-state index contributed by atoms with van der Waals surface area (Å²) in [6, 6.07) is 9.00. The predicted octanol–water partition coefficient (Wildman–Crippen LogP) is 5.37. The number of benzene rings is 1. The Morgan fingerprint density at radius 2 is 1.89 bits per heavy atom. The highest BCUT2D eigenvalue weighted by Gasteiger charge is 2.27. The quantitative estimate of drug-likeness (QED) is 0.428. The Morgan fingerprint density at radius 3 is 2.63 bits per heavy atom. The van der Waals surface area contributed by atoms with Gasteiger partial charge in [-0.2, -0.15) is 13.2 Å². The van der Waals surface area contributed by atoms with Crippen molar-refractivity contribution in [1.29, 1.82) is 0 Å². The van der Waals surface area contributed by atoms with Crippen molar-refractivity contribution in [2.75, 3.05) is 5.75 Å². The highest BCUT2D eigenvalue weighted by atomic mass is 32.2. The maximum Gasteiger partial charge on any atom is 0.389 e. The van der Waals surface area contributed by atoms with E-state index in [0.717, 1.165) is 43.0 Å². The van der Waals surface area contributed by atoms with Gasteiger partial charge in [-0.25, -0.2) is 4.98 Å². The first-order valence-corrected chi connectivity index (χ1v) is 10.6. The number of aryl methyl sites for hydroxylation is 2. The molecule has 1 aliphatic rings. The lowest BCUT2D eigenvalue weighted by atomic mass is 9.97. The molecule has 3 nitrogen and oxygen atoms in total. The van der Waals surface area contributed by atoms with Gasteiger partial charge >= 0.3 is 6.18 Å². The molecular weight excluding hydrogens is 393 g/mol. The van der Waals surface area contributed by atoms with E-state index in [-0.39, 0.29) is 11.3 Å². The lowest BCUT2D eigenvalue weighted by Gasteiger charge is -2.14. The average Bonchev–Trinajstić information content (AvgIpc) is 3.00. The maximum absolute atomic E-state index is 13.3. The number of rotatable bonds is 4. The zero-order valence-electron chi connectivity index (χ0n) is 14.4. The van der Waals surface area contributed by atoms with Gasteiger partial charge in [0.25, 0.3) is 5.56 Å². The first kappa shape index (κ1) is 18.6. The second-order valence-electron chi connectivity index (χ2n) is 6.48. The third-order valence-corrected chi connectivity index (χ3v) is 6.72. The molecule has 1 aromatic carbocycles. The fourth-order valence-corrected chi connectivity index (χ4v) is 5.64. The largest absolute Gasteiger partial charge is 0.389 e. The number of aromatic nitrogens is 2. The number of hydrogen-bond donors (Lipinski definition) is 0. The van der Waals surface area contributed by atoms with Crippen LogP contribution in [0.4, 0.5) is 13.2 Å². The van der Waals surface area contributed by atoms with E-state index in [9.17, 15) is 18.0 Å². The summed E-state index contributed by atoms with van der Waals surface area (Å²) in [4.78, 5) is 19.8. The van der Waals surface area contributed by atoms with Crippen LogP contribution in [0.5, 0.6) is 0 Å². The van der Waals surface area contributed by atoms with Crippen molar-refractivity contribution in [3.8, 4) is 5.69 Å². The molecule has 0 bridgehead atoms. The Labute approximate surface area is 162 Å². The van der Waals surface area contributed by atoms with E-state index in [1.165, 1.54) is 20.8 Å². The lowest BCUT2D eigenvalue weighted by molar-refractivity contribution is -0.129. The Bertz CT molecular complexity index is 1030. The molecule has 0 saturated carbocycles. The second-order valence-corrected chi connectivity index (χ2v) is 8.62. The van der Waals surface area contributed by atoms with E-state index >= 15 is 0 Å². The van der Waals surface area contributed by atoms with Crippen LogP contribution in [0.2, 0.25) is 0 Å².